The first-order valence-corrected chi connectivity index (χ1v) is 15.0. The Morgan fingerprint density at radius 2 is 1.18 bits per heavy atom. The van der Waals surface area contributed by atoms with Crippen molar-refractivity contribution in [1.29, 1.82) is 0 Å². The highest BCUT2D eigenvalue weighted by Gasteiger charge is 2.17. The average molecular weight is 571 g/mol. The van der Waals surface area contributed by atoms with Crippen molar-refractivity contribution in [3.63, 3.8) is 0 Å². The van der Waals surface area contributed by atoms with Crippen LogP contribution in [0, 0.1) is 0 Å². The van der Waals surface area contributed by atoms with E-state index in [1.165, 1.54) is 49.0 Å². The first kappa shape index (κ1) is 30.1. The van der Waals surface area contributed by atoms with Gasteiger partial charge in [-0.1, -0.05) is 147 Å². The van der Waals surface area contributed by atoms with E-state index in [0.29, 0.717) is 11.5 Å². The minimum Gasteiger partial charge on any atom is -0.459 e. The SMILES string of the molecule is C=CC(=C/C(=C)OC(=C)/C=C\C(=C/C)c1c2ccccc2c(-c2cccc3ccccc23)c2ccccc12)/C(/C=C\C)=C\C. The molecular weight excluding hydrogens is 532 g/mol. The normalized spacial score (nSPS) is 12.9. The summed E-state index contributed by atoms with van der Waals surface area (Å²) in [5.74, 6) is 0.999. The van der Waals surface area contributed by atoms with Crippen molar-refractivity contribution < 1.29 is 4.74 Å². The van der Waals surface area contributed by atoms with Gasteiger partial charge in [0.2, 0.25) is 0 Å². The lowest BCUT2D eigenvalue weighted by Crippen LogP contribution is -1.94. The van der Waals surface area contributed by atoms with E-state index in [9.17, 15) is 0 Å². The Morgan fingerprint density at radius 3 is 1.77 bits per heavy atom. The molecule has 5 aromatic rings. The molecular formula is C43H38O. The molecule has 0 saturated carbocycles. The van der Waals surface area contributed by atoms with Crippen molar-refractivity contribution in [3.05, 3.63) is 188 Å². The zero-order valence-electron chi connectivity index (χ0n) is 25.8. The monoisotopic (exact) mass is 570 g/mol. The van der Waals surface area contributed by atoms with Crippen LogP contribution in [0.2, 0.25) is 0 Å². The molecule has 5 rings (SSSR count). The van der Waals surface area contributed by atoms with Crippen LogP contribution in [-0.2, 0) is 4.74 Å². The van der Waals surface area contributed by atoms with Gasteiger partial charge in [-0.3, -0.25) is 0 Å². The molecule has 0 fully saturated rings. The molecule has 0 bridgehead atoms. The maximum Gasteiger partial charge on any atom is 0.120 e. The second-order valence-corrected chi connectivity index (χ2v) is 10.5. The average Bonchev–Trinajstić information content (AvgIpc) is 3.05. The molecule has 0 unspecified atom stereocenters. The van der Waals surface area contributed by atoms with Gasteiger partial charge in [0.1, 0.15) is 11.5 Å². The van der Waals surface area contributed by atoms with Crippen LogP contribution >= 0.6 is 0 Å². The highest BCUT2D eigenvalue weighted by molar-refractivity contribution is 6.21. The number of benzene rings is 5. The summed E-state index contributed by atoms with van der Waals surface area (Å²) in [4.78, 5) is 0. The molecule has 0 aliphatic rings. The number of hydrogen-bond donors (Lipinski definition) is 0. The fourth-order valence-corrected chi connectivity index (χ4v) is 5.88. The maximum absolute atomic E-state index is 6.00. The Labute approximate surface area is 261 Å². The Morgan fingerprint density at radius 1 is 0.591 bits per heavy atom. The van der Waals surface area contributed by atoms with E-state index in [1.807, 2.05) is 44.2 Å². The molecule has 0 heterocycles. The van der Waals surface area contributed by atoms with Crippen molar-refractivity contribution in [2.75, 3.05) is 0 Å². The molecule has 0 amide bonds. The van der Waals surface area contributed by atoms with Crippen LogP contribution in [0.4, 0.5) is 0 Å². The smallest absolute Gasteiger partial charge is 0.120 e. The highest BCUT2D eigenvalue weighted by Crippen LogP contribution is 2.44. The first-order chi connectivity index (χ1) is 21.5. The summed E-state index contributed by atoms with van der Waals surface area (Å²) in [6.07, 6.45) is 15.9. The van der Waals surface area contributed by atoms with Crippen LogP contribution in [-0.4, -0.2) is 0 Å². The van der Waals surface area contributed by atoms with Gasteiger partial charge in [0.15, 0.2) is 0 Å². The molecule has 1 nitrogen and oxygen atoms in total. The molecule has 0 aliphatic heterocycles. The van der Waals surface area contributed by atoms with Crippen LogP contribution in [0.25, 0.3) is 49.0 Å². The Bertz CT molecular complexity index is 1990. The lowest BCUT2D eigenvalue weighted by Gasteiger charge is -2.19. The second-order valence-electron chi connectivity index (χ2n) is 10.5. The lowest BCUT2D eigenvalue weighted by molar-refractivity contribution is 0.340. The minimum atomic E-state index is 0.496. The van der Waals surface area contributed by atoms with Gasteiger partial charge in [0.05, 0.1) is 0 Å². The summed E-state index contributed by atoms with van der Waals surface area (Å²) in [6, 6.07) is 32.6. The third-order valence-electron chi connectivity index (χ3n) is 7.83. The predicted molar refractivity (Wildman–Crippen MR) is 193 cm³/mol. The van der Waals surface area contributed by atoms with Gasteiger partial charge < -0.3 is 4.74 Å². The van der Waals surface area contributed by atoms with Crippen molar-refractivity contribution >= 4 is 37.9 Å². The van der Waals surface area contributed by atoms with Crippen LogP contribution in [0.5, 0.6) is 0 Å². The second kappa shape index (κ2) is 13.7. The Balaban J connectivity index is 1.58. The lowest BCUT2D eigenvalue weighted by atomic mass is 9.84. The summed E-state index contributed by atoms with van der Waals surface area (Å²) in [7, 11) is 0. The first-order valence-electron chi connectivity index (χ1n) is 15.0. The Kier molecular flexibility index (Phi) is 9.37. The number of ether oxygens (including phenoxy) is 1. The van der Waals surface area contributed by atoms with Crippen LogP contribution in [0.15, 0.2) is 182 Å². The van der Waals surface area contributed by atoms with Crippen LogP contribution < -0.4 is 0 Å². The Hall–Kier alpha value is -5.40. The quantitative estimate of drug-likeness (QED) is 0.0922. The van der Waals surface area contributed by atoms with E-state index in [2.05, 4.69) is 130 Å². The van der Waals surface area contributed by atoms with Gasteiger partial charge in [-0.2, -0.15) is 0 Å². The standard InChI is InChI=1S/C43H38O/c1-7-18-32(8-2)34(10-4)29-31(6)44-30(5)27-28-33(9-3)42-38-22-13-15-24-40(38)43(41-25-16-14-23-39(41)42)37-26-17-20-35-19-11-12-21-36(35)37/h7-29H,4-6H2,1-3H3/b18-7-,28-27-,32-8-,33-9+,34-29-. The van der Waals surface area contributed by atoms with Crippen molar-refractivity contribution in [3.8, 4) is 11.1 Å². The molecule has 0 saturated heterocycles. The fourth-order valence-electron chi connectivity index (χ4n) is 5.88. The van der Waals surface area contributed by atoms with E-state index in [-0.39, 0.29) is 0 Å². The molecule has 0 spiro atoms. The van der Waals surface area contributed by atoms with Gasteiger partial charge in [-0.25, -0.2) is 0 Å². The third-order valence-corrected chi connectivity index (χ3v) is 7.83. The van der Waals surface area contributed by atoms with E-state index in [4.69, 9.17) is 4.74 Å². The van der Waals surface area contributed by atoms with Crippen LogP contribution in [0.3, 0.4) is 0 Å². The predicted octanol–water partition coefficient (Wildman–Crippen LogP) is 12.5. The van der Waals surface area contributed by atoms with Gasteiger partial charge >= 0.3 is 0 Å². The largest absolute Gasteiger partial charge is 0.459 e. The molecule has 44 heavy (non-hydrogen) atoms. The summed E-state index contributed by atoms with van der Waals surface area (Å²) >= 11 is 0. The summed E-state index contributed by atoms with van der Waals surface area (Å²) in [5.41, 5.74) is 6.75. The van der Waals surface area contributed by atoms with E-state index in [0.717, 1.165) is 16.7 Å². The van der Waals surface area contributed by atoms with Crippen LogP contribution in [0.1, 0.15) is 26.3 Å². The molecule has 0 N–H and O–H groups in total. The molecule has 0 radical (unpaired) electrons. The highest BCUT2D eigenvalue weighted by atomic mass is 16.5. The van der Waals surface area contributed by atoms with Crippen molar-refractivity contribution in [1.82, 2.24) is 0 Å². The molecule has 1 heteroatoms. The van der Waals surface area contributed by atoms with Gasteiger partial charge in [0, 0.05) is 0 Å². The fraction of sp³-hybridized carbons (Fsp3) is 0.0698. The van der Waals surface area contributed by atoms with E-state index in [1.54, 1.807) is 6.08 Å². The van der Waals surface area contributed by atoms with E-state index >= 15 is 0 Å². The number of allylic oxidation sites excluding steroid dienone is 11. The van der Waals surface area contributed by atoms with Gasteiger partial charge in [-0.15, -0.1) is 0 Å². The maximum atomic E-state index is 6.00. The zero-order chi connectivity index (χ0) is 31.1. The topological polar surface area (TPSA) is 9.23 Å². The molecule has 5 aromatic carbocycles. The third kappa shape index (κ3) is 6.04. The number of hydrogen-bond acceptors (Lipinski definition) is 1. The van der Waals surface area contributed by atoms with Crippen molar-refractivity contribution in [2.45, 2.75) is 20.8 Å². The molecule has 0 aromatic heterocycles. The number of rotatable bonds is 10. The number of fused-ring (bicyclic) bond motifs is 3. The van der Waals surface area contributed by atoms with Gasteiger partial charge in [-0.05, 0) is 98.7 Å². The van der Waals surface area contributed by atoms with E-state index < -0.39 is 0 Å². The molecule has 0 aliphatic carbocycles. The summed E-state index contributed by atoms with van der Waals surface area (Å²) in [6.45, 7) is 18.3. The summed E-state index contributed by atoms with van der Waals surface area (Å²) < 4.78 is 6.00. The van der Waals surface area contributed by atoms with Crippen molar-refractivity contribution in [2.24, 2.45) is 0 Å². The summed E-state index contributed by atoms with van der Waals surface area (Å²) in [5, 5.41) is 7.32. The molecule has 0 atom stereocenters. The van der Waals surface area contributed by atoms with Gasteiger partial charge in [0.25, 0.3) is 0 Å². The molecule has 216 valence electrons. The minimum absolute atomic E-state index is 0.496. The zero-order valence-corrected chi connectivity index (χ0v) is 25.8.